The molecule has 0 aliphatic carbocycles. The monoisotopic (exact) mass is 2740 g/mol. The van der Waals surface area contributed by atoms with Crippen LogP contribution in [0.4, 0.5) is 53.5 Å². The number of aromatic nitrogens is 15. The van der Waals surface area contributed by atoms with Gasteiger partial charge < -0.3 is 70.5 Å². The summed E-state index contributed by atoms with van der Waals surface area (Å²) < 4.78 is 0.854. The van der Waals surface area contributed by atoms with Crippen molar-refractivity contribution in [2.75, 3.05) is 117 Å². The molecule has 0 aromatic carbocycles. The van der Waals surface area contributed by atoms with Crippen LogP contribution in [0.1, 0.15) is 134 Å². The SMILES string of the molecule is C.CCC(=O)Cl.CCC(C)I.CCCN.CCCNc1nc(N)nc(Cl)n1.CCCNc1nc(N)nc(N(C)OC)n1.CCCNc1nc(NC(=O)CC)nc(N(C)OC)n1.CNOC.Clc1nc(Cl)nc(Cl)n1.Nc1nc(Cl)nc(Cl)n1.[CH2-]CC.[CH2-]CC.[CH3-].[I][V]([I])[I].[I][V]([I])[I].[I][V][I].[Na+].[OH-]. The van der Waals surface area contributed by atoms with Crippen molar-refractivity contribution in [3.63, 3.8) is 0 Å². The first kappa shape index (κ1) is 136. The number of hydrogen-bond acceptors (Lipinski definition) is 31. The summed E-state index contributed by atoms with van der Waals surface area (Å²) in [6, 6.07) is 0. The Morgan fingerprint density at radius 1 is 0.544 bits per heavy atom. The predicted molar refractivity (Wildman–Crippen MR) is 497 cm³/mol. The standard InChI is InChI=1S/C11H20N6O2.C8H16N6O.C6H10ClN5.C4H9I.C3Cl3N3.C3H2Cl2N4.C3H5ClO.C3H9N.2C3H7.C2H7NO.CH4.CH3.8HI.Na.H2O.3V/c1-5-7-12-9-14-10(13-8(18)6-2)16-11(15-9)17(3)19-4;1-4-5-10-7-11-6(9)12-8(13-7)14(2)15-3;1-2-3-9-6-11-4(7)10-5(8)12-6;1-3-4(2)5;2*4-1-7-2(5)9-3(6)8-1;1-2-3(4)5;1-2-3-4;2*1-3-2;1-3-4-2;;;;;;;;;;;;;;;/h5-7H2,1-4H3,(H2,12,13,14,15,16,18);4-5H2,1-3H3,(H3,9,10,11,12,13);2-3H2,1H3,(H3,8,9,10,11,12);4H,3H2,1-2H3;;(H2,6,7,8,9);2H2,1H3;2-4H2,1H3;2*1,3H2,2H3;3H,1-2H3;1H4;1H3;8*1H;;1H2;;;/q;;;;;;;;2*-1;;;-1;;;;;;;;;+1;;+2;2*+3/p-9. The normalized spacial score (nSPS) is 9.02. The summed E-state index contributed by atoms with van der Waals surface area (Å²) in [5, 5.41) is 14.3. The number of nitrogen functional groups attached to an aromatic ring is 3. The first-order valence-corrected chi connectivity index (χ1v) is 68.2. The first-order chi connectivity index (χ1) is 46.4. The summed E-state index contributed by atoms with van der Waals surface area (Å²) in [6.45, 7) is 30.2. The number of anilines is 9. The van der Waals surface area contributed by atoms with E-state index in [0.717, 1.165) is 68.6 Å². The Hall–Kier alpha value is 3.70. The van der Waals surface area contributed by atoms with Crippen molar-refractivity contribution in [1.29, 1.82) is 0 Å². The van der Waals surface area contributed by atoms with E-state index in [1.54, 1.807) is 42.1 Å². The van der Waals surface area contributed by atoms with Crippen molar-refractivity contribution in [2.24, 2.45) is 5.73 Å². The van der Waals surface area contributed by atoms with Crippen LogP contribution >= 0.6 is 264 Å². The van der Waals surface area contributed by atoms with Gasteiger partial charge in [0.15, 0.2) is 0 Å². The molecule has 0 saturated carbocycles. The molecule has 52 heteroatoms. The summed E-state index contributed by atoms with van der Waals surface area (Å²) in [4.78, 5) is 91.2. The third kappa shape index (κ3) is 114. The molecule has 14 N–H and O–H groups in total. The van der Waals surface area contributed by atoms with Crippen LogP contribution in [0.2, 0.25) is 31.7 Å². The van der Waals surface area contributed by atoms with E-state index >= 15 is 0 Å². The molecule has 601 valence electrons. The minimum Gasteiger partial charge on any atom is -0.870 e. The third-order valence-electron chi connectivity index (χ3n) is 7.66. The van der Waals surface area contributed by atoms with Gasteiger partial charge in [-0.25, -0.2) is 15.6 Å². The molecule has 0 bridgehead atoms. The van der Waals surface area contributed by atoms with E-state index in [9.17, 15) is 9.59 Å². The molecule has 5 aromatic heterocycles. The average Bonchev–Trinajstić information content (AvgIpc) is 0.868. The van der Waals surface area contributed by atoms with Gasteiger partial charge in [-0.3, -0.25) is 24.6 Å². The molecule has 1 amide bonds. The van der Waals surface area contributed by atoms with Gasteiger partial charge in [0.1, 0.15) is 0 Å². The first-order valence-electron chi connectivity index (χ1n) is 28.3. The zero-order valence-electron chi connectivity index (χ0n) is 60.0. The van der Waals surface area contributed by atoms with Crippen molar-refractivity contribution in [3.05, 3.63) is 53.0 Å². The molecule has 5 rings (SSSR count). The molecule has 103 heavy (non-hydrogen) atoms. The molecular formula is C51H100Cl7I9N26NaO6V3-3. The van der Waals surface area contributed by atoms with E-state index in [1.807, 2.05) is 27.7 Å². The molecule has 0 aliphatic heterocycles. The number of nitrogens with zero attached hydrogens (tertiary/aromatic N) is 17. The van der Waals surface area contributed by atoms with Crippen molar-refractivity contribution < 1.29 is 78.4 Å². The predicted octanol–water partition coefficient (Wildman–Crippen LogP) is 15.8. The number of carbonyl (C=O) groups is 2. The smallest absolute Gasteiger partial charge is 0.870 e. The molecule has 5 heterocycles. The topological polar surface area (TPSA) is 456 Å². The number of rotatable bonds is 19. The maximum absolute atomic E-state index is 11.4. The maximum atomic E-state index is 11.4. The Morgan fingerprint density at radius 2 is 0.777 bits per heavy atom. The summed E-state index contributed by atoms with van der Waals surface area (Å²) >= 11 is 58.9. The summed E-state index contributed by atoms with van der Waals surface area (Å²) in [5.41, 5.74) is 23.5. The molecule has 0 saturated heterocycles. The van der Waals surface area contributed by atoms with E-state index in [-0.39, 0.29) is 126 Å². The second kappa shape index (κ2) is 102. The van der Waals surface area contributed by atoms with Crippen LogP contribution in [-0.4, -0.2) is 164 Å². The number of carbonyl (C=O) groups excluding carboxylic acids is 2. The van der Waals surface area contributed by atoms with Gasteiger partial charge in [0, 0.05) is 57.5 Å². The van der Waals surface area contributed by atoms with Crippen molar-refractivity contribution >= 4 is 328 Å². The maximum Gasteiger partial charge on any atom is 1.00 e. The van der Waals surface area contributed by atoms with Gasteiger partial charge in [-0.1, -0.05) is 99.3 Å². The van der Waals surface area contributed by atoms with Gasteiger partial charge in [0.05, 0.1) is 21.3 Å². The van der Waals surface area contributed by atoms with Crippen LogP contribution in [0, 0.1) is 21.3 Å². The van der Waals surface area contributed by atoms with Crippen molar-refractivity contribution in [1.82, 2.24) is 80.2 Å². The second-order valence-electron chi connectivity index (χ2n) is 15.8. The van der Waals surface area contributed by atoms with Crippen molar-refractivity contribution in [3.8, 4) is 0 Å². The van der Waals surface area contributed by atoms with E-state index in [4.69, 9.17) is 114 Å². The Morgan fingerprint density at radius 3 is 1.00 bits per heavy atom. The average molecular weight is 2740 g/mol. The van der Waals surface area contributed by atoms with Crippen LogP contribution in [-0.2, 0) is 43.4 Å². The zero-order valence-corrected chi connectivity index (χ0v) is 90.9. The fourth-order valence-electron chi connectivity index (χ4n) is 3.42. The van der Waals surface area contributed by atoms with Crippen LogP contribution in [0.25, 0.3) is 0 Å². The quantitative estimate of drug-likeness (QED) is 0.00926. The molecule has 1 unspecified atom stereocenters. The van der Waals surface area contributed by atoms with Crippen LogP contribution in [0.3, 0.4) is 0 Å². The minimum atomic E-state index is -0.278. The largest absolute Gasteiger partial charge is 1.00 e. The van der Waals surface area contributed by atoms with Crippen LogP contribution in [0.15, 0.2) is 0 Å². The van der Waals surface area contributed by atoms with E-state index < -0.39 is 0 Å². The summed E-state index contributed by atoms with van der Waals surface area (Å²) in [6.07, 6.45) is 8.10. The van der Waals surface area contributed by atoms with Gasteiger partial charge in [-0.05, 0) is 120 Å². The number of nitrogens with one attached hydrogen (secondary N) is 5. The molecule has 0 spiro atoms. The zero-order chi connectivity index (χ0) is 78.9. The molecule has 32 nitrogen and oxygen atoms in total. The Kier molecular flexibility index (Phi) is 134. The fraction of sp³-hybridized carbons (Fsp3) is 0.608. The molecule has 1 atom stereocenters. The molecule has 0 radical (unpaired) electrons. The molecular weight excluding hydrogens is 2640 g/mol. The Bertz CT molecular complexity index is 2480. The van der Waals surface area contributed by atoms with E-state index in [1.165, 1.54) is 30.8 Å². The minimum absolute atomic E-state index is 0. The van der Waals surface area contributed by atoms with Crippen molar-refractivity contribution in [2.45, 2.75) is 138 Å². The van der Waals surface area contributed by atoms with Gasteiger partial charge in [-0.15, -0.1) is 0 Å². The molecule has 5 aromatic rings. The van der Waals surface area contributed by atoms with Gasteiger partial charge in [0.25, 0.3) is 11.9 Å². The van der Waals surface area contributed by atoms with Gasteiger partial charge >= 0.3 is 209 Å². The van der Waals surface area contributed by atoms with E-state index in [2.05, 4.69) is 330 Å². The molecule has 0 aliphatic rings. The van der Waals surface area contributed by atoms with Crippen LogP contribution < -0.4 is 89.4 Å². The summed E-state index contributed by atoms with van der Waals surface area (Å²) in [5.74, 6) is 2.37. The fourth-order valence-corrected chi connectivity index (χ4v) is 4.57. The number of amides is 1. The number of hydroxylamine groups is 3. The van der Waals surface area contributed by atoms with Gasteiger partial charge in [-0.2, -0.15) is 87.6 Å². The number of nitrogens with two attached hydrogens (primary N) is 4. The summed E-state index contributed by atoms with van der Waals surface area (Å²) in [7, 11) is 10.3. The van der Waals surface area contributed by atoms with Gasteiger partial charge in [0.2, 0.25) is 84.5 Å². The van der Waals surface area contributed by atoms with Crippen LogP contribution in [0.5, 0.6) is 0 Å². The Balaban J connectivity index is -0.0000000804. The molecule has 0 fully saturated rings. The van der Waals surface area contributed by atoms with E-state index in [0.29, 0.717) is 52.0 Å². The second-order valence-corrected chi connectivity index (χ2v) is 103. The Labute approximate surface area is 787 Å². The number of hydrogen-bond donors (Lipinski definition) is 9. The number of halogens is 16. The number of alkyl halides is 1. The third-order valence-corrected chi connectivity index (χ3v) is 9.82.